The second-order valence-corrected chi connectivity index (χ2v) is 5.84. The fraction of sp³-hybridized carbons (Fsp3) is 0.0526. The molecule has 0 aliphatic heterocycles. The van der Waals surface area contributed by atoms with Gasteiger partial charge in [0.2, 0.25) is 0 Å². The zero-order valence-electron chi connectivity index (χ0n) is 12.7. The first-order valence-electron chi connectivity index (χ1n) is 7.57. The van der Waals surface area contributed by atoms with Crippen LogP contribution >= 0.6 is 11.6 Å². The minimum atomic E-state index is -0.192. The SMILES string of the molecule is O=C(Nc1cc2c(cn1)[nH]c1ccccc12)c1ccc(CCl)cc1. The fourth-order valence-electron chi connectivity index (χ4n) is 2.75. The van der Waals surface area contributed by atoms with E-state index in [1.807, 2.05) is 42.5 Å². The first-order chi connectivity index (χ1) is 11.7. The summed E-state index contributed by atoms with van der Waals surface area (Å²) in [6.07, 6.45) is 1.74. The lowest BCUT2D eigenvalue weighted by Crippen LogP contribution is -2.12. The lowest BCUT2D eigenvalue weighted by molar-refractivity contribution is 0.102. The van der Waals surface area contributed by atoms with Crippen molar-refractivity contribution in [3.8, 4) is 0 Å². The average Bonchev–Trinajstić information content (AvgIpc) is 3.00. The third-order valence-electron chi connectivity index (χ3n) is 4.00. The smallest absolute Gasteiger partial charge is 0.256 e. The number of H-pyrrole nitrogens is 1. The van der Waals surface area contributed by atoms with Gasteiger partial charge in [-0.25, -0.2) is 4.98 Å². The number of pyridine rings is 1. The summed E-state index contributed by atoms with van der Waals surface area (Å²) in [6, 6.07) is 17.1. The number of fused-ring (bicyclic) bond motifs is 3. The Morgan fingerprint density at radius 2 is 1.83 bits per heavy atom. The molecule has 0 spiro atoms. The van der Waals surface area contributed by atoms with Crippen LogP contribution in [0.2, 0.25) is 0 Å². The molecular formula is C19H14ClN3O. The first-order valence-corrected chi connectivity index (χ1v) is 8.11. The van der Waals surface area contributed by atoms with Crippen LogP contribution in [0.15, 0.2) is 60.8 Å². The molecule has 2 N–H and O–H groups in total. The Morgan fingerprint density at radius 1 is 1.04 bits per heavy atom. The molecule has 4 aromatic rings. The van der Waals surface area contributed by atoms with Crippen molar-refractivity contribution in [1.82, 2.24) is 9.97 Å². The summed E-state index contributed by atoms with van der Waals surface area (Å²) in [5.74, 6) is 0.766. The zero-order chi connectivity index (χ0) is 16.5. The van der Waals surface area contributed by atoms with Gasteiger partial charge in [-0.05, 0) is 29.8 Å². The maximum atomic E-state index is 12.4. The Kier molecular flexibility index (Phi) is 3.67. The van der Waals surface area contributed by atoms with Crippen LogP contribution in [0.5, 0.6) is 0 Å². The second kappa shape index (κ2) is 5.98. The lowest BCUT2D eigenvalue weighted by Gasteiger charge is -2.05. The summed E-state index contributed by atoms with van der Waals surface area (Å²) in [5, 5.41) is 4.99. The summed E-state index contributed by atoms with van der Waals surface area (Å²) >= 11 is 5.77. The third-order valence-corrected chi connectivity index (χ3v) is 4.31. The van der Waals surface area contributed by atoms with Crippen LogP contribution in [-0.2, 0) is 5.88 Å². The highest BCUT2D eigenvalue weighted by Crippen LogP contribution is 2.26. The largest absolute Gasteiger partial charge is 0.353 e. The molecule has 0 bridgehead atoms. The van der Waals surface area contributed by atoms with Gasteiger partial charge in [0.1, 0.15) is 5.82 Å². The number of nitrogens with zero attached hydrogens (tertiary/aromatic N) is 1. The maximum Gasteiger partial charge on any atom is 0.256 e. The van der Waals surface area contributed by atoms with E-state index in [0.29, 0.717) is 17.3 Å². The fourth-order valence-corrected chi connectivity index (χ4v) is 2.93. The van der Waals surface area contributed by atoms with Crippen molar-refractivity contribution in [3.63, 3.8) is 0 Å². The molecule has 0 saturated carbocycles. The number of benzene rings is 2. The van der Waals surface area contributed by atoms with E-state index in [2.05, 4.69) is 15.3 Å². The molecule has 4 rings (SSSR count). The highest BCUT2D eigenvalue weighted by molar-refractivity contribution is 6.17. The van der Waals surface area contributed by atoms with Gasteiger partial charge in [-0.2, -0.15) is 0 Å². The van der Waals surface area contributed by atoms with Gasteiger partial charge in [-0.3, -0.25) is 4.79 Å². The lowest BCUT2D eigenvalue weighted by atomic mass is 10.1. The Labute approximate surface area is 143 Å². The molecular weight excluding hydrogens is 322 g/mol. The minimum absolute atomic E-state index is 0.192. The van der Waals surface area contributed by atoms with E-state index in [9.17, 15) is 4.79 Å². The Bertz CT molecular complexity index is 1040. The molecule has 0 fully saturated rings. The topological polar surface area (TPSA) is 57.8 Å². The Hall–Kier alpha value is -2.85. The van der Waals surface area contributed by atoms with Crippen molar-refractivity contribution in [1.29, 1.82) is 0 Å². The molecule has 0 atom stereocenters. The third kappa shape index (κ3) is 2.61. The van der Waals surface area contributed by atoms with E-state index in [0.717, 1.165) is 27.4 Å². The zero-order valence-corrected chi connectivity index (χ0v) is 13.5. The van der Waals surface area contributed by atoms with Gasteiger partial charge in [-0.15, -0.1) is 11.6 Å². The molecule has 2 heterocycles. The van der Waals surface area contributed by atoms with Crippen molar-refractivity contribution in [2.45, 2.75) is 5.88 Å². The molecule has 0 aliphatic carbocycles. The van der Waals surface area contributed by atoms with E-state index >= 15 is 0 Å². The molecule has 2 aromatic heterocycles. The summed E-state index contributed by atoms with van der Waals surface area (Å²) in [7, 11) is 0. The molecule has 0 saturated heterocycles. The van der Waals surface area contributed by atoms with Gasteiger partial charge in [0.25, 0.3) is 5.91 Å². The van der Waals surface area contributed by atoms with Gasteiger partial charge in [0.15, 0.2) is 0 Å². The van der Waals surface area contributed by atoms with E-state index < -0.39 is 0 Å². The highest BCUT2D eigenvalue weighted by Gasteiger charge is 2.09. The summed E-state index contributed by atoms with van der Waals surface area (Å²) < 4.78 is 0. The maximum absolute atomic E-state index is 12.4. The number of carbonyl (C=O) groups is 1. The predicted octanol–water partition coefficient (Wildman–Crippen LogP) is 4.71. The van der Waals surface area contributed by atoms with E-state index in [1.54, 1.807) is 18.3 Å². The number of amides is 1. The van der Waals surface area contributed by atoms with Crippen molar-refractivity contribution >= 4 is 45.1 Å². The number of carbonyl (C=O) groups excluding carboxylic acids is 1. The quantitative estimate of drug-likeness (QED) is 0.533. The molecule has 2 aromatic carbocycles. The van der Waals surface area contributed by atoms with Gasteiger partial charge in [0, 0.05) is 27.7 Å². The van der Waals surface area contributed by atoms with Crippen molar-refractivity contribution < 1.29 is 4.79 Å². The van der Waals surface area contributed by atoms with Gasteiger partial charge < -0.3 is 10.3 Å². The number of halogens is 1. The van der Waals surface area contributed by atoms with Crippen LogP contribution in [0.3, 0.4) is 0 Å². The van der Waals surface area contributed by atoms with Crippen LogP contribution in [-0.4, -0.2) is 15.9 Å². The van der Waals surface area contributed by atoms with Crippen LogP contribution in [0.25, 0.3) is 21.8 Å². The van der Waals surface area contributed by atoms with Crippen molar-refractivity contribution in [2.75, 3.05) is 5.32 Å². The second-order valence-electron chi connectivity index (χ2n) is 5.57. The van der Waals surface area contributed by atoms with Crippen LogP contribution in [0.4, 0.5) is 5.82 Å². The monoisotopic (exact) mass is 335 g/mol. The number of para-hydroxylation sites is 1. The average molecular weight is 336 g/mol. The van der Waals surface area contributed by atoms with Gasteiger partial charge in [-0.1, -0.05) is 30.3 Å². The molecule has 4 nitrogen and oxygen atoms in total. The Balaban J connectivity index is 1.66. The molecule has 24 heavy (non-hydrogen) atoms. The number of hydrogen-bond donors (Lipinski definition) is 2. The van der Waals surface area contributed by atoms with Gasteiger partial charge in [0.05, 0.1) is 11.7 Å². The highest BCUT2D eigenvalue weighted by atomic mass is 35.5. The van der Waals surface area contributed by atoms with E-state index in [-0.39, 0.29) is 5.91 Å². The molecule has 118 valence electrons. The summed E-state index contributed by atoms with van der Waals surface area (Å²) in [4.78, 5) is 20.0. The number of aromatic amines is 1. The number of nitrogens with one attached hydrogen (secondary N) is 2. The van der Waals surface area contributed by atoms with Crippen molar-refractivity contribution in [2.24, 2.45) is 0 Å². The number of anilines is 1. The number of alkyl halides is 1. The number of aromatic nitrogens is 2. The van der Waals surface area contributed by atoms with Crippen LogP contribution in [0.1, 0.15) is 15.9 Å². The molecule has 0 radical (unpaired) electrons. The molecule has 0 aliphatic rings. The van der Waals surface area contributed by atoms with E-state index in [4.69, 9.17) is 11.6 Å². The number of rotatable bonds is 3. The summed E-state index contributed by atoms with van der Waals surface area (Å²) in [6.45, 7) is 0. The van der Waals surface area contributed by atoms with Gasteiger partial charge >= 0.3 is 0 Å². The molecule has 0 unspecified atom stereocenters. The molecule has 1 amide bonds. The first kappa shape index (κ1) is 14.7. The Morgan fingerprint density at radius 3 is 2.62 bits per heavy atom. The van der Waals surface area contributed by atoms with Crippen LogP contribution in [0, 0.1) is 0 Å². The normalized spacial score (nSPS) is 11.0. The minimum Gasteiger partial charge on any atom is -0.353 e. The summed E-state index contributed by atoms with van der Waals surface area (Å²) in [5.41, 5.74) is 3.55. The van der Waals surface area contributed by atoms with Crippen LogP contribution < -0.4 is 5.32 Å². The molecule has 5 heteroatoms. The van der Waals surface area contributed by atoms with E-state index in [1.165, 1.54) is 0 Å². The standard InChI is InChI=1S/C19H14ClN3O/c20-10-12-5-7-13(8-6-12)19(24)23-18-9-15-14-3-1-2-4-16(14)22-17(15)11-21-18/h1-9,11,22H,10H2,(H,21,23,24). The van der Waals surface area contributed by atoms with Crippen molar-refractivity contribution in [3.05, 3.63) is 71.9 Å². The predicted molar refractivity (Wildman–Crippen MR) is 97.6 cm³/mol. The number of hydrogen-bond acceptors (Lipinski definition) is 2.